The number of aromatic nitrogens is 3. The Morgan fingerprint density at radius 2 is 1.94 bits per heavy atom. The lowest BCUT2D eigenvalue weighted by molar-refractivity contribution is 0.0954. The molecule has 0 aliphatic heterocycles. The molecule has 32 heavy (non-hydrogen) atoms. The van der Waals surface area contributed by atoms with Crippen LogP contribution in [0.2, 0.25) is 0 Å². The van der Waals surface area contributed by atoms with Crippen LogP contribution < -0.4 is 10.1 Å². The fraction of sp³-hybridized carbons (Fsp3) is 0.423. The van der Waals surface area contributed by atoms with Crippen molar-refractivity contribution in [2.24, 2.45) is 0 Å². The molecule has 1 amide bonds. The summed E-state index contributed by atoms with van der Waals surface area (Å²) in [6.07, 6.45) is 9.02. The average molecular weight is 433 g/mol. The smallest absolute Gasteiger partial charge is 0.251 e. The summed E-state index contributed by atoms with van der Waals surface area (Å²) in [7, 11) is 0. The number of ether oxygens (including phenoxy) is 1. The van der Waals surface area contributed by atoms with Crippen molar-refractivity contribution >= 4 is 16.9 Å². The molecule has 1 aliphatic rings. The van der Waals surface area contributed by atoms with Crippen LogP contribution in [0, 0.1) is 13.8 Å². The molecule has 0 saturated heterocycles. The van der Waals surface area contributed by atoms with Gasteiger partial charge in [0.15, 0.2) is 0 Å². The summed E-state index contributed by atoms with van der Waals surface area (Å²) in [4.78, 5) is 12.4. The topological polar surface area (TPSA) is 69.0 Å². The summed E-state index contributed by atoms with van der Waals surface area (Å²) in [5.74, 6) is 0.736. The summed E-state index contributed by atoms with van der Waals surface area (Å²) in [6, 6.07) is 11.6. The lowest BCUT2D eigenvalue weighted by atomic mass is 9.97. The summed E-state index contributed by atoms with van der Waals surface area (Å²) >= 11 is 0. The zero-order chi connectivity index (χ0) is 22.3. The van der Waals surface area contributed by atoms with Gasteiger partial charge < -0.3 is 10.1 Å². The number of hydrogen-bond donors (Lipinski definition) is 1. The third-order valence-corrected chi connectivity index (χ3v) is 6.15. The highest BCUT2D eigenvalue weighted by Gasteiger charge is 2.09. The molecule has 3 aromatic rings. The monoisotopic (exact) mass is 432 g/mol. The van der Waals surface area contributed by atoms with Crippen molar-refractivity contribution in [3.05, 3.63) is 64.7 Å². The third kappa shape index (κ3) is 5.55. The number of nitrogens with one attached hydrogen (secondary N) is 1. The van der Waals surface area contributed by atoms with E-state index in [4.69, 9.17) is 4.74 Å². The molecule has 6 heteroatoms. The number of carbonyl (C=O) groups is 1. The lowest BCUT2D eigenvalue weighted by Gasteiger charge is -2.13. The maximum Gasteiger partial charge on any atom is 0.251 e. The number of hydrogen-bond acceptors (Lipinski definition) is 4. The normalized spacial score (nSPS) is 13.8. The largest absolute Gasteiger partial charge is 0.494 e. The van der Waals surface area contributed by atoms with Gasteiger partial charge in [0.05, 0.1) is 12.1 Å². The minimum atomic E-state index is -0.0310. The van der Waals surface area contributed by atoms with Gasteiger partial charge in [-0.25, -0.2) is 4.68 Å². The zero-order valence-electron chi connectivity index (χ0n) is 19.1. The van der Waals surface area contributed by atoms with Crippen LogP contribution in [-0.4, -0.2) is 34.1 Å². The second kappa shape index (κ2) is 10.4. The average Bonchev–Trinajstić information content (AvgIpc) is 3.19. The van der Waals surface area contributed by atoms with Gasteiger partial charge in [-0.15, -0.1) is 5.10 Å². The Morgan fingerprint density at radius 1 is 1.12 bits per heavy atom. The highest BCUT2D eigenvalue weighted by atomic mass is 16.5. The van der Waals surface area contributed by atoms with Crippen LogP contribution in [0.3, 0.4) is 0 Å². The summed E-state index contributed by atoms with van der Waals surface area (Å²) in [5.41, 5.74) is 6.60. The molecule has 0 bridgehead atoms. The molecule has 2 aromatic carbocycles. The Morgan fingerprint density at radius 3 is 2.72 bits per heavy atom. The van der Waals surface area contributed by atoms with Gasteiger partial charge in [-0.3, -0.25) is 4.79 Å². The molecule has 0 radical (unpaired) electrons. The Kier molecular flexibility index (Phi) is 7.20. The number of carbonyl (C=O) groups excluding carboxylic acids is 1. The molecule has 1 N–H and O–H groups in total. The number of amides is 1. The maximum atomic E-state index is 12.4. The Bertz CT molecular complexity index is 1100. The quantitative estimate of drug-likeness (QED) is 0.376. The first kappa shape index (κ1) is 22.1. The standard InChI is InChI=1S/C26H32N4O2/c1-19-17-24-25(18-20(19)2)30(29-28-24)15-6-16-32-23-11-9-22(10-12-23)26(31)27-14-13-21-7-4-3-5-8-21/h7,9-12,17-18H,3-6,8,13-16H2,1-2H3,(H,27,31). The number of allylic oxidation sites excluding steroid dienone is 1. The number of nitrogens with zero attached hydrogens (tertiary/aromatic N) is 3. The molecule has 0 unspecified atom stereocenters. The highest BCUT2D eigenvalue weighted by molar-refractivity contribution is 5.94. The van der Waals surface area contributed by atoms with Gasteiger partial charge >= 0.3 is 0 Å². The molecule has 168 valence electrons. The van der Waals surface area contributed by atoms with E-state index in [9.17, 15) is 4.79 Å². The van der Waals surface area contributed by atoms with Gasteiger partial charge in [-0.2, -0.15) is 0 Å². The first-order valence-corrected chi connectivity index (χ1v) is 11.6. The van der Waals surface area contributed by atoms with E-state index in [0.29, 0.717) is 18.7 Å². The van der Waals surface area contributed by atoms with Crippen LogP contribution in [0.5, 0.6) is 5.75 Å². The SMILES string of the molecule is Cc1cc2nnn(CCCOc3ccc(C(=O)NCCC4=CCCCC4)cc3)c2cc1C. The Labute approximate surface area is 189 Å². The summed E-state index contributed by atoms with van der Waals surface area (Å²) in [5, 5.41) is 11.6. The number of aryl methyl sites for hydroxylation is 3. The van der Waals surface area contributed by atoms with Crippen LogP contribution in [0.4, 0.5) is 0 Å². The number of fused-ring (bicyclic) bond motifs is 1. The highest BCUT2D eigenvalue weighted by Crippen LogP contribution is 2.20. The fourth-order valence-corrected chi connectivity index (χ4v) is 4.07. The van der Waals surface area contributed by atoms with Crippen molar-refractivity contribution in [3.8, 4) is 5.75 Å². The van der Waals surface area contributed by atoms with Crippen molar-refractivity contribution in [3.63, 3.8) is 0 Å². The molecule has 4 rings (SSSR count). The van der Waals surface area contributed by atoms with Crippen molar-refractivity contribution in [1.29, 1.82) is 0 Å². The predicted octanol–water partition coefficient (Wildman–Crippen LogP) is 5.14. The summed E-state index contributed by atoms with van der Waals surface area (Å²) in [6.45, 7) is 6.21. The molecule has 0 fully saturated rings. The van der Waals surface area contributed by atoms with Crippen LogP contribution in [0.25, 0.3) is 11.0 Å². The molecule has 6 nitrogen and oxygen atoms in total. The zero-order valence-corrected chi connectivity index (χ0v) is 19.1. The predicted molar refractivity (Wildman–Crippen MR) is 127 cm³/mol. The molecular formula is C26H32N4O2. The van der Waals surface area contributed by atoms with E-state index in [2.05, 4.69) is 47.7 Å². The van der Waals surface area contributed by atoms with E-state index in [1.807, 2.05) is 28.9 Å². The van der Waals surface area contributed by atoms with E-state index in [1.54, 1.807) is 0 Å². The third-order valence-electron chi connectivity index (χ3n) is 6.15. The van der Waals surface area contributed by atoms with Crippen LogP contribution in [-0.2, 0) is 6.54 Å². The van der Waals surface area contributed by atoms with Gasteiger partial charge in [0, 0.05) is 25.1 Å². The van der Waals surface area contributed by atoms with Gasteiger partial charge in [0.1, 0.15) is 11.3 Å². The van der Waals surface area contributed by atoms with Crippen molar-refractivity contribution in [2.75, 3.05) is 13.2 Å². The summed E-state index contributed by atoms with van der Waals surface area (Å²) < 4.78 is 7.79. The lowest BCUT2D eigenvalue weighted by Crippen LogP contribution is -2.24. The van der Waals surface area contributed by atoms with Gasteiger partial charge in [-0.1, -0.05) is 16.9 Å². The van der Waals surface area contributed by atoms with Gasteiger partial charge in [0.25, 0.3) is 5.91 Å². The first-order valence-electron chi connectivity index (χ1n) is 11.6. The fourth-order valence-electron chi connectivity index (χ4n) is 4.07. The minimum Gasteiger partial charge on any atom is -0.494 e. The van der Waals surface area contributed by atoms with E-state index in [-0.39, 0.29) is 5.91 Å². The van der Waals surface area contributed by atoms with Crippen molar-refractivity contribution in [2.45, 2.75) is 58.9 Å². The molecular weight excluding hydrogens is 400 g/mol. The molecule has 0 spiro atoms. The van der Waals surface area contributed by atoms with Gasteiger partial charge in [0.2, 0.25) is 0 Å². The van der Waals surface area contributed by atoms with E-state index < -0.39 is 0 Å². The van der Waals surface area contributed by atoms with Gasteiger partial charge in [-0.05, 0) is 93.5 Å². The van der Waals surface area contributed by atoms with Crippen molar-refractivity contribution in [1.82, 2.24) is 20.3 Å². The molecule has 0 atom stereocenters. The van der Waals surface area contributed by atoms with Crippen molar-refractivity contribution < 1.29 is 9.53 Å². The van der Waals surface area contributed by atoms with E-state index in [1.165, 1.54) is 42.4 Å². The molecule has 1 aliphatic carbocycles. The van der Waals surface area contributed by atoms with Crippen LogP contribution >= 0.6 is 0 Å². The van der Waals surface area contributed by atoms with E-state index in [0.717, 1.165) is 36.2 Å². The van der Waals surface area contributed by atoms with E-state index >= 15 is 0 Å². The Hall–Kier alpha value is -3.15. The minimum absolute atomic E-state index is 0.0310. The number of benzene rings is 2. The second-order valence-corrected chi connectivity index (χ2v) is 8.58. The molecule has 1 aromatic heterocycles. The van der Waals surface area contributed by atoms with Crippen LogP contribution in [0.15, 0.2) is 48.0 Å². The Balaban J connectivity index is 1.20. The van der Waals surface area contributed by atoms with Crippen LogP contribution in [0.1, 0.15) is 60.0 Å². The molecule has 0 saturated carbocycles. The first-order chi connectivity index (χ1) is 15.6. The second-order valence-electron chi connectivity index (χ2n) is 8.58. The molecule has 1 heterocycles. The maximum absolute atomic E-state index is 12.4. The number of rotatable bonds is 9.